The molecule has 0 aromatic heterocycles. The van der Waals surface area contributed by atoms with Crippen molar-refractivity contribution in [3.05, 3.63) is 65.7 Å². The molecule has 2 aromatic rings. The normalized spacial score (nSPS) is 18.7. The summed E-state index contributed by atoms with van der Waals surface area (Å²) in [7, 11) is -1.19. The van der Waals surface area contributed by atoms with E-state index in [0.29, 0.717) is 12.5 Å². The molecule has 3 atom stereocenters. The molecule has 0 heterocycles. The molecule has 0 amide bonds. The van der Waals surface area contributed by atoms with Gasteiger partial charge in [-0.25, -0.2) is 0 Å². The minimum atomic E-state index is -1.19. The second kappa shape index (κ2) is 10.2. The largest absolute Gasteiger partial charge is 0.395 e. The minimum absolute atomic E-state index is 0.00556. The molecule has 0 spiro atoms. The zero-order valence-electron chi connectivity index (χ0n) is 16.1. The number of hydrogen-bond donors (Lipinski definition) is 2. The smallest absolute Gasteiger partial charge is 0.0610 e. The maximum Gasteiger partial charge on any atom is 0.0610 e. The molecule has 27 heavy (non-hydrogen) atoms. The molecule has 0 bridgehead atoms. The summed E-state index contributed by atoms with van der Waals surface area (Å²) in [6.45, 7) is 2.04. The highest BCUT2D eigenvalue weighted by Crippen LogP contribution is 2.22. The lowest BCUT2D eigenvalue weighted by Crippen LogP contribution is -2.50. The van der Waals surface area contributed by atoms with Crippen LogP contribution in [0.2, 0.25) is 0 Å². The van der Waals surface area contributed by atoms with E-state index in [9.17, 15) is 9.32 Å². The van der Waals surface area contributed by atoms with Gasteiger partial charge in [0.2, 0.25) is 0 Å². The summed E-state index contributed by atoms with van der Waals surface area (Å²) in [4.78, 5) is 0.838. The lowest BCUT2D eigenvalue weighted by Gasteiger charge is -2.32. The van der Waals surface area contributed by atoms with Crippen LogP contribution in [0.15, 0.2) is 59.5 Å². The van der Waals surface area contributed by atoms with Gasteiger partial charge in [-0.15, -0.1) is 0 Å². The Balaban J connectivity index is 1.82. The molecule has 146 valence electrons. The van der Waals surface area contributed by atoms with Crippen molar-refractivity contribution in [3.63, 3.8) is 0 Å². The van der Waals surface area contributed by atoms with E-state index in [4.69, 9.17) is 0 Å². The fourth-order valence-electron chi connectivity index (χ4n) is 3.91. The Labute approximate surface area is 165 Å². The zero-order chi connectivity index (χ0) is 19.1. The van der Waals surface area contributed by atoms with Gasteiger partial charge in [0.15, 0.2) is 0 Å². The van der Waals surface area contributed by atoms with Crippen LogP contribution in [-0.2, 0) is 17.2 Å². The first kappa shape index (κ1) is 20.2. The van der Waals surface area contributed by atoms with Crippen molar-refractivity contribution in [1.29, 1.82) is 0 Å². The molecule has 4 heteroatoms. The number of hydrogen-bond acceptors (Lipinski definition) is 3. The van der Waals surface area contributed by atoms with E-state index in [0.717, 1.165) is 28.9 Å². The van der Waals surface area contributed by atoms with E-state index in [1.165, 1.54) is 19.3 Å². The lowest BCUT2D eigenvalue weighted by molar-refractivity contribution is 0.214. The Morgan fingerprint density at radius 2 is 1.70 bits per heavy atom. The predicted molar refractivity (Wildman–Crippen MR) is 112 cm³/mol. The second-order valence-corrected chi connectivity index (χ2v) is 9.30. The van der Waals surface area contributed by atoms with E-state index < -0.39 is 10.8 Å². The van der Waals surface area contributed by atoms with Gasteiger partial charge in [-0.1, -0.05) is 67.3 Å². The fourth-order valence-corrected chi connectivity index (χ4v) is 5.47. The number of nitrogens with one attached hydrogen (secondary N) is 1. The topological polar surface area (TPSA) is 49.3 Å². The second-order valence-electron chi connectivity index (χ2n) is 7.63. The van der Waals surface area contributed by atoms with Crippen LogP contribution in [0.3, 0.4) is 0 Å². The van der Waals surface area contributed by atoms with Gasteiger partial charge >= 0.3 is 0 Å². The van der Waals surface area contributed by atoms with Crippen molar-refractivity contribution in [2.45, 2.75) is 67.7 Å². The van der Waals surface area contributed by atoms with Crippen molar-refractivity contribution < 1.29 is 9.32 Å². The molecular formula is C23H31NO2S. The average Bonchev–Trinajstić information content (AvgIpc) is 2.72. The van der Waals surface area contributed by atoms with Crippen LogP contribution in [0.25, 0.3) is 0 Å². The number of rotatable bonds is 8. The third kappa shape index (κ3) is 5.74. The van der Waals surface area contributed by atoms with Gasteiger partial charge in [-0.3, -0.25) is 4.21 Å². The van der Waals surface area contributed by atoms with Gasteiger partial charge in [-0.05, 0) is 43.9 Å². The molecule has 1 aliphatic rings. The van der Waals surface area contributed by atoms with Crippen LogP contribution >= 0.6 is 0 Å². The number of aryl methyl sites for hydroxylation is 1. The van der Waals surface area contributed by atoms with Crippen LogP contribution in [0.4, 0.5) is 0 Å². The Kier molecular flexibility index (Phi) is 7.62. The Morgan fingerprint density at radius 1 is 1.04 bits per heavy atom. The van der Waals surface area contributed by atoms with Gasteiger partial charge in [0.25, 0.3) is 0 Å². The molecule has 1 fully saturated rings. The Morgan fingerprint density at radius 3 is 2.33 bits per heavy atom. The quantitative estimate of drug-likeness (QED) is 0.722. The minimum Gasteiger partial charge on any atom is -0.395 e. The fraction of sp³-hybridized carbons (Fsp3) is 0.478. The summed E-state index contributed by atoms with van der Waals surface area (Å²) in [6.07, 6.45) is 6.74. The molecule has 3 nitrogen and oxygen atoms in total. The van der Waals surface area contributed by atoms with E-state index in [1.54, 1.807) is 0 Å². The van der Waals surface area contributed by atoms with Gasteiger partial charge in [0, 0.05) is 17.0 Å². The SMILES string of the molecule is Cc1ccc([S@](=O)C(Cc2ccccc2)[C@@H](CO)NC2CCCCC2)cc1. The third-order valence-electron chi connectivity index (χ3n) is 5.51. The number of aliphatic hydroxyl groups is 1. The number of benzene rings is 2. The first-order valence-corrected chi connectivity index (χ1v) is 11.3. The van der Waals surface area contributed by atoms with E-state index in [2.05, 4.69) is 17.4 Å². The average molecular weight is 386 g/mol. The van der Waals surface area contributed by atoms with Crippen LogP contribution in [-0.4, -0.2) is 33.3 Å². The first-order chi connectivity index (χ1) is 13.2. The molecule has 1 saturated carbocycles. The predicted octanol–water partition coefficient (Wildman–Crippen LogP) is 4.00. The molecule has 0 radical (unpaired) electrons. The summed E-state index contributed by atoms with van der Waals surface area (Å²) in [6, 6.07) is 18.4. The highest BCUT2D eigenvalue weighted by Gasteiger charge is 2.30. The third-order valence-corrected chi connectivity index (χ3v) is 7.29. The lowest BCUT2D eigenvalue weighted by atomic mass is 9.94. The summed E-state index contributed by atoms with van der Waals surface area (Å²) in [5, 5.41) is 13.6. The van der Waals surface area contributed by atoms with Gasteiger partial charge < -0.3 is 10.4 Å². The van der Waals surface area contributed by atoms with Crippen molar-refractivity contribution in [1.82, 2.24) is 5.32 Å². The molecular weight excluding hydrogens is 354 g/mol. The van der Waals surface area contributed by atoms with Crippen LogP contribution in [0.5, 0.6) is 0 Å². The summed E-state index contributed by atoms with van der Waals surface area (Å²) in [5.74, 6) is 0. The number of aliphatic hydroxyl groups excluding tert-OH is 1. The van der Waals surface area contributed by atoms with E-state index in [-0.39, 0.29) is 17.9 Å². The van der Waals surface area contributed by atoms with Gasteiger partial charge in [-0.2, -0.15) is 0 Å². The van der Waals surface area contributed by atoms with Crippen molar-refractivity contribution in [2.24, 2.45) is 0 Å². The van der Waals surface area contributed by atoms with Crippen molar-refractivity contribution in [2.75, 3.05) is 6.61 Å². The first-order valence-electron chi connectivity index (χ1n) is 10.1. The maximum absolute atomic E-state index is 13.5. The van der Waals surface area contributed by atoms with E-state index >= 15 is 0 Å². The molecule has 0 saturated heterocycles. The molecule has 2 aromatic carbocycles. The van der Waals surface area contributed by atoms with Gasteiger partial charge in [0.1, 0.15) is 0 Å². The van der Waals surface area contributed by atoms with Crippen LogP contribution in [0, 0.1) is 6.92 Å². The summed E-state index contributed by atoms with van der Waals surface area (Å²) < 4.78 is 13.5. The van der Waals surface area contributed by atoms with Gasteiger partial charge in [0.05, 0.1) is 22.7 Å². The molecule has 1 aliphatic carbocycles. The molecule has 3 rings (SSSR count). The standard InChI is InChI=1S/C23H31NO2S/c1-18-12-14-21(15-13-18)27(26)23(16-19-8-4-2-5-9-19)22(17-25)24-20-10-6-3-7-11-20/h2,4-5,8-9,12-15,20,22-25H,3,6-7,10-11,16-17H2,1H3/t22-,23?,27+/m1/s1. The monoisotopic (exact) mass is 385 g/mol. The maximum atomic E-state index is 13.5. The summed E-state index contributed by atoms with van der Waals surface area (Å²) in [5.41, 5.74) is 2.32. The van der Waals surface area contributed by atoms with Crippen molar-refractivity contribution >= 4 is 10.8 Å². The van der Waals surface area contributed by atoms with Crippen molar-refractivity contribution in [3.8, 4) is 0 Å². The molecule has 2 N–H and O–H groups in total. The molecule has 1 unspecified atom stereocenters. The zero-order valence-corrected chi connectivity index (χ0v) is 17.0. The Bertz CT molecular complexity index is 711. The highest BCUT2D eigenvalue weighted by atomic mass is 32.2. The van der Waals surface area contributed by atoms with E-state index in [1.807, 2.05) is 49.4 Å². The van der Waals surface area contributed by atoms with Crippen LogP contribution in [0.1, 0.15) is 43.2 Å². The Hall–Kier alpha value is -1.49. The highest BCUT2D eigenvalue weighted by molar-refractivity contribution is 7.85. The summed E-state index contributed by atoms with van der Waals surface area (Å²) >= 11 is 0. The van der Waals surface area contributed by atoms with Crippen LogP contribution < -0.4 is 5.32 Å². The molecule has 0 aliphatic heterocycles.